The average Bonchev–Trinajstić information content (AvgIpc) is 3.50. The second-order valence-corrected chi connectivity index (χ2v) is 7.33. The smallest absolute Gasteiger partial charge is 0.245 e. The molecular formula is C19H19ClFN7O2. The molecule has 0 atom stereocenters. The first kappa shape index (κ1) is 18.9. The van der Waals surface area contributed by atoms with E-state index in [1.807, 2.05) is 4.90 Å². The molecule has 30 heavy (non-hydrogen) atoms. The predicted molar refractivity (Wildman–Crippen MR) is 110 cm³/mol. The van der Waals surface area contributed by atoms with Crippen LogP contribution in [-0.2, 0) is 11.8 Å². The summed E-state index contributed by atoms with van der Waals surface area (Å²) >= 11 is 6.20. The van der Waals surface area contributed by atoms with E-state index in [1.54, 1.807) is 30.1 Å². The van der Waals surface area contributed by atoms with Crippen molar-refractivity contribution >= 4 is 28.5 Å². The van der Waals surface area contributed by atoms with Crippen molar-refractivity contribution in [1.82, 2.24) is 29.9 Å². The van der Waals surface area contributed by atoms with Crippen LogP contribution in [0.5, 0.6) is 5.75 Å². The van der Waals surface area contributed by atoms with Crippen molar-refractivity contribution in [2.24, 2.45) is 7.05 Å². The van der Waals surface area contributed by atoms with E-state index < -0.39 is 5.82 Å². The number of rotatable bonds is 4. The van der Waals surface area contributed by atoms with E-state index in [1.165, 1.54) is 7.11 Å². The minimum absolute atomic E-state index is 0.0672. The van der Waals surface area contributed by atoms with Gasteiger partial charge in [0.1, 0.15) is 10.8 Å². The van der Waals surface area contributed by atoms with Gasteiger partial charge < -0.3 is 18.9 Å². The number of fused-ring (bicyclic) bond motifs is 1. The number of hydrogen-bond acceptors (Lipinski definition) is 6. The van der Waals surface area contributed by atoms with E-state index in [0.717, 1.165) is 11.1 Å². The molecule has 9 nitrogen and oxygen atoms in total. The lowest BCUT2D eigenvalue weighted by molar-refractivity contribution is 0.122. The highest BCUT2D eigenvalue weighted by Crippen LogP contribution is 2.44. The van der Waals surface area contributed by atoms with Gasteiger partial charge in [-0.1, -0.05) is 11.6 Å². The lowest BCUT2D eigenvalue weighted by Gasteiger charge is -2.25. The standard InChI is InChI=1S/C19H19ClFN7O2/c1-27-16-11(7-12(29-2)14(20)15(16)21)13(10-8-22-23-9-10)17(27)18-24-19(26-25-18)28-3-5-30-6-4-28/h7-9H,3-6H2,1-2H3,(H,22,23)(H,24,25,26). The second-order valence-electron chi connectivity index (χ2n) is 6.96. The van der Waals surface area contributed by atoms with E-state index in [2.05, 4.69) is 20.4 Å². The number of morpholine rings is 1. The summed E-state index contributed by atoms with van der Waals surface area (Å²) in [6, 6.07) is 1.73. The monoisotopic (exact) mass is 431 g/mol. The SMILES string of the molecule is COc1cc2c(-c3cn[nH]c3)c(-c3nc(N4CCOCC4)n[nH]3)n(C)c2c(F)c1Cl. The summed E-state index contributed by atoms with van der Waals surface area (Å²) in [5.41, 5.74) is 2.54. The van der Waals surface area contributed by atoms with Gasteiger partial charge in [0, 0.05) is 42.8 Å². The molecule has 0 radical (unpaired) electrons. The summed E-state index contributed by atoms with van der Waals surface area (Å²) in [6.07, 6.45) is 3.42. The Kier molecular flexibility index (Phi) is 4.59. The number of aromatic amines is 2. The van der Waals surface area contributed by atoms with Gasteiger partial charge >= 0.3 is 0 Å². The molecule has 4 heterocycles. The first-order valence-corrected chi connectivity index (χ1v) is 9.77. The van der Waals surface area contributed by atoms with Crippen LogP contribution in [0.4, 0.5) is 10.3 Å². The average molecular weight is 432 g/mol. The summed E-state index contributed by atoms with van der Waals surface area (Å²) in [5.74, 6) is 0.793. The summed E-state index contributed by atoms with van der Waals surface area (Å²) in [7, 11) is 3.23. The maximum atomic E-state index is 15.2. The normalized spacial score (nSPS) is 14.6. The van der Waals surface area contributed by atoms with E-state index in [9.17, 15) is 0 Å². The summed E-state index contributed by atoms with van der Waals surface area (Å²) in [6.45, 7) is 2.67. The number of nitrogens with zero attached hydrogens (tertiary/aromatic N) is 5. The summed E-state index contributed by atoms with van der Waals surface area (Å²) in [5, 5.41) is 14.8. The number of methoxy groups -OCH3 is 1. The molecule has 1 aromatic carbocycles. The van der Waals surface area contributed by atoms with Crippen LogP contribution in [0.25, 0.3) is 33.5 Å². The molecule has 3 aromatic heterocycles. The van der Waals surface area contributed by atoms with Crippen molar-refractivity contribution in [3.05, 3.63) is 29.3 Å². The largest absolute Gasteiger partial charge is 0.495 e. The lowest BCUT2D eigenvalue weighted by atomic mass is 10.0. The highest BCUT2D eigenvalue weighted by Gasteiger charge is 2.27. The zero-order valence-electron chi connectivity index (χ0n) is 16.4. The second kappa shape index (κ2) is 7.29. The zero-order valence-corrected chi connectivity index (χ0v) is 17.1. The molecular weight excluding hydrogens is 413 g/mol. The van der Waals surface area contributed by atoms with Crippen molar-refractivity contribution in [3.63, 3.8) is 0 Å². The number of H-pyrrole nitrogens is 2. The molecule has 1 aliphatic heterocycles. The van der Waals surface area contributed by atoms with Crippen LogP contribution in [0.2, 0.25) is 5.02 Å². The Hall–Kier alpha value is -3.11. The number of aryl methyl sites for hydroxylation is 1. The fourth-order valence-corrected chi connectivity index (χ4v) is 4.11. The fraction of sp³-hybridized carbons (Fsp3) is 0.316. The Balaban J connectivity index is 1.76. The van der Waals surface area contributed by atoms with Gasteiger partial charge in [0.05, 0.1) is 37.7 Å². The Labute approximate surface area is 175 Å². The first-order chi connectivity index (χ1) is 14.6. The first-order valence-electron chi connectivity index (χ1n) is 9.39. The van der Waals surface area contributed by atoms with Crippen LogP contribution >= 0.6 is 11.6 Å². The van der Waals surface area contributed by atoms with Crippen LogP contribution in [0.1, 0.15) is 0 Å². The third-order valence-corrected chi connectivity index (χ3v) is 5.68. The van der Waals surface area contributed by atoms with Crippen molar-refractivity contribution in [3.8, 4) is 28.4 Å². The number of aromatic nitrogens is 6. The van der Waals surface area contributed by atoms with E-state index in [0.29, 0.717) is 54.7 Å². The molecule has 0 unspecified atom stereocenters. The number of halogens is 2. The number of ether oxygens (including phenoxy) is 2. The van der Waals surface area contributed by atoms with Crippen LogP contribution < -0.4 is 9.64 Å². The Bertz CT molecular complexity index is 1210. The molecule has 1 fully saturated rings. The van der Waals surface area contributed by atoms with Gasteiger partial charge in [-0.15, -0.1) is 5.10 Å². The van der Waals surface area contributed by atoms with Crippen LogP contribution in [-0.4, -0.2) is 63.4 Å². The molecule has 0 spiro atoms. The lowest BCUT2D eigenvalue weighted by Crippen LogP contribution is -2.36. The highest BCUT2D eigenvalue weighted by molar-refractivity contribution is 6.33. The van der Waals surface area contributed by atoms with Gasteiger partial charge in [-0.2, -0.15) is 10.1 Å². The Morgan fingerprint density at radius 2 is 2.10 bits per heavy atom. The van der Waals surface area contributed by atoms with Gasteiger partial charge in [-0.25, -0.2) is 4.39 Å². The van der Waals surface area contributed by atoms with Gasteiger partial charge in [0.25, 0.3) is 0 Å². The third-order valence-electron chi connectivity index (χ3n) is 5.32. The number of nitrogens with one attached hydrogen (secondary N) is 2. The zero-order chi connectivity index (χ0) is 20.8. The molecule has 0 aliphatic carbocycles. The summed E-state index contributed by atoms with van der Waals surface area (Å²) < 4.78 is 27.6. The minimum Gasteiger partial charge on any atom is -0.495 e. The van der Waals surface area contributed by atoms with E-state index in [4.69, 9.17) is 26.1 Å². The quantitative estimate of drug-likeness (QED) is 0.515. The topological polar surface area (TPSA) is 96.9 Å². The maximum Gasteiger partial charge on any atom is 0.245 e. The Morgan fingerprint density at radius 1 is 1.30 bits per heavy atom. The summed E-state index contributed by atoms with van der Waals surface area (Å²) in [4.78, 5) is 6.74. The predicted octanol–water partition coefficient (Wildman–Crippen LogP) is 2.99. The van der Waals surface area contributed by atoms with E-state index >= 15 is 4.39 Å². The van der Waals surface area contributed by atoms with E-state index in [-0.39, 0.29) is 10.8 Å². The van der Waals surface area contributed by atoms with Gasteiger partial charge in [-0.3, -0.25) is 10.2 Å². The molecule has 1 saturated heterocycles. The molecule has 2 N–H and O–H groups in total. The van der Waals surface area contributed by atoms with Crippen LogP contribution in [0, 0.1) is 5.82 Å². The molecule has 4 aromatic rings. The van der Waals surface area contributed by atoms with Gasteiger partial charge in [-0.05, 0) is 6.07 Å². The van der Waals surface area contributed by atoms with Gasteiger partial charge in [0.15, 0.2) is 11.6 Å². The molecule has 0 saturated carbocycles. The molecule has 1 aliphatic rings. The minimum atomic E-state index is -0.558. The molecule has 156 valence electrons. The molecule has 5 rings (SSSR count). The number of benzene rings is 1. The molecule has 0 amide bonds. The van der Waals surface area contributed by atoms with Crippen molar-refractivity contribution in [2.75, 3.05) is 38.3 Å². The number of hydrogen-bond donors (Lipinski definition) is 2. The Morgan fingerprint density at radius 3 is 2.80 bits per heavy atom. The van der Waals surface area contributed by atoms with Crippen molar-refractivity contribution in [1.29, 1.82) is 0 Å². The van der Waals surface area contributed by atoms with Crippen LogP contribution in [0.15, 0.2) is 18.5 Å². The van der Waals surface area contributed by atoms with Gasteiger partial charge in [0.2, 0.25) is 5.95 Å². The third kappa shape index (κ3) is 2.83. The highest BCUT2D eigenvalue weighted by atomic mass is 35.5. The fourth-order valence-electron chi connectivity index (χ4n) is 3.89. The maximum absolute atomic E-state index is 15.2. The molecule has 11 heteroatoms. The van der Waals surface area contributed by atoms with Crippen molar-refractivity contribution in [2.45, 2.75) is 0 Å². The van der Waals surface area contributed by atoms with Crippen molar-refractivity contribution < 1.29 is 13.9 Å². The van der Waals surface area contributed by atoms with Crippen LogP contribution in [0.3, 0.4) is 0 Å². The molecule has 0 bridgehead atoms. The number of anilines is 1.